The zero-order chi connectivity index (χ0) is 18.8. The van der Waals surface area contributed by atoms with E-state index in [4.69, 9.17) is 0 Å². The lowest BCUT2D eigenvalue weighted by atomic mass is 9.99. The number of nitrogens with zero attached hydrogens (tertiary/aromatic N) is 3. The van der Waals surface area contributed by atoms with Crippen LogP contribution in [0.5, 0.6) is 0 Å². The number of aromatic carboxylic acids is 1. The molecular formula is C19H15N3O4. The Balaban J connectivity index is 2.32. The second-order valence-electron chi connectivity index (χ2n) is 5.78. The molecular weight excluding hydrogens is 334 g/mol. The second-order valence-corrected chi connectivity index (χ2v) is 5.78. The molecule has 1 heterocycles. The van der Waals surface area contributed by atoms with Gasteiger partial charge in [-0.25, -0.2) is 14.8 Å². The molecule has 7 nitrogen and oxygen atoms in total. The first-order valence-electron chi connectivity index (χ1n) is 7.81. The summed E-state index contributed by atoms with van der Waals surface area (Å²) in [7, 11) is 0. The maximum atomic E-state index is 11.8. The zero-order valence-corrected chi connectivity index (χ0v) is 14.1. The summed E-state index contributed by atoms with van der Waals surface area (Å²) in [5.74, 6) is -0.808. The number of carboxylic acids is 1. The highest BCUT2D eigenvalue weighted by atomic mass is 16.6. The Bertz CT molecular complexity index is 1020. The molecule has 0 saturated carbocycles. The van der Waals surface area contributed by atoms with Crippen LogP contribution in [0.2, 0.25) is 0 Å². The minimum atomic E-state index is -1.18. The third-order valence-electron chi connectivity index (χ3n) is 4.02. The standard InChI is InChI=1S/C19H15N3O4/c1-11-8-9-14(22(25)26)10-15(11)17-16(19(23)24)12(2)20-18(21-17)13-6-4-3-5-7-13/h3-10H,1-2H3,(H,23,24). The van der Waals surface area contributed by atoms with Gasteiger partial charge in [0, 0.05) is 23.3 Å². The molecule has 7 heteroatoms. The predicted octanol–water partition coefficient (Wildman–Crippen LogP) is 4.03. The van der Waals surface area contributed by atoms with Gasteiger partial charge >= 0.3 is 5.97 Å². The number of hydrogen-bond acceptors (Lipinski definition) is 5. The quantitative estimate of drug-likeness (QED) is 0.563. The minimum absolute atomic E-state index is 0.0618. The molecule has 0 aliphatic rings. The van der Waals surface area contributed by atoms with Gasteiger partial charge in [-0.3, -0.25) is 10.1 Å². The Morgan fingerprint density at radius 1 is 1.08 bits per heavy atom. The van der Waals surface area contributed by atoms with Gasteiger partial charge in [0.05, 0.1) is 16.3 Å². The van der Waals surface area contributed by atoms with Crippen LogP contribution in [0.3, 0.4) is 0 Å². The Labute approximate surface area is 149 Å². The molecule has 0 unspecified atom stereocenters. The summed E-state index contributed by atoms with van der Waals surface area (Å²) >= 11 is 0. The van der Waals surface area contributed by atoms with E-state index in [2.05, 4.69) is 9.97 Å². The van der Waals surface area contributed by atoms with Crippen molar-refractivity contribution in [3.05, 3.63) is 75.5 Å². The van der Waals surface area contributed by atoms with E-state index in [9.17, 15) is 20.0 Å². The molecule has 1 N–H and O–H groups in total. The van der Waals surface area contributed by atoms with Crippen LogP contribution >= 0.6 is 0 Å². The lowest BCUT2D eigenvalue weighted by Gasteiger charge is -2.12. The van der Waals surface area contributed by atoms with Crippen LogP contribution in [0.4, 0.5) is 5.69 Å². The van der Waals surface area contributed by atoms with Crippen molar-refractivity contribution in [2.75, 3.05) is 0 Å². The van der Waals surface area contributed by atoms with Crippen LogP contribution in [0.1, 0.15) is 21.6 Å². The molecule has 0 amide bonds. The van der Waals surface area contributed by atoms with E-state index in [-0.39, 0.29) is 16.9 Å². The van der Waals surface area contributed by atoms with Gasteiger partial charge in [0.25, 0.3) is 5.69 Å². The van der Waals surface area contributed by atoms with Crippen molar-refractivity contribution in [3.63, 3.8) is 0 Å². The van der Waals surface area contributed by atoms with Crippen molar-refractivity contribution >= 4 is 11.7 Å². The largest absolute Gasteiger partial charge is 0.478 e. The molecule has 26 heavy (non-hydrogen) atoms. The summed E-state index contributed by atoms with van der Waals surface area (Å²) in [6, 6.07) is 13.5. The van der Waals surface area contributed by atoms with E-state index in [1.807, 2.05) is 30.3 Å². The van der Waals surface area contributed by atoms with Crippen LogP contribution in [-0.2, 0) is 0 Å². The topological polar surface area (TPSA) is 106 Å². The van der Waals surface area contributed by atoms with E-state index in [1.165, 1.54) is 12.1 Å². The van der Waals surface area contributed by atoms with Crippen LogP contribution < -0.4 is 0 Å². The maximum Gasteiger partial charge on any atom is 0.339 e. The number of carbonyl (C=O) groups is 1. The maximum absolute atomic E-state index is 11.8. The molecule has 0 aliphatic heterocycles. The SMILES string of the molecule is Cc1ccc([N+](=O)[O-])cc1-c1nc(-c2ccccc2)nc(C)c1C(=O)O. The third-order valence-corrected chi connectivity index (χ3v) is 4.02. The Hall–Kier alpha value is -3.61. The molecule has 3 aromatic rings. The summed E-state index contributed by atoms with van der Waals surface area (Å²) in [6.07, 6.45) is 0. The van der Waals surface area contributed by atoms with Crippen molar-refractivity contribution < 1.29 is 14.8 Å². The number of hydrogen-bond donors (Lipinski definition) is 1. The molecule has 0 atom stereocenters. The van der Waals surface area contributed by atoms with Gasteiger partial charge in [-0.05, 0) is 19.4 Å². The Kier molecular flexibility index (Phi) is 4.45. The van der Waals surface area contributed by atoms with E-state index in [0.717, 1.165) is 5.56 Å². The van der Waals surface area contributed by atoms with Gasteiger partial charge < -0.3 is 5.11 Å². The fourth-order valence-electron chi connectivity index (χ4n) is 2.72. The molecule has 0 aliphatic carbocycles. The van der Waals surface area contributed by atoms with Gasteiger partial charge in [-0.15, -0.1) is 0 Å². The fraction of sp³-hybridized carbons (Fsp3) is 0.105. The number of carboxylic acid groups (broad SMARTS) is 1. The van der Waals surface area contributed by atoms with Crippen LogP contribution in [0.15, 0.2) is 48.5 Å². The van der Waals surface area contributed by atoms with Crippen molar-refractivity contribution in [1.82, 2.24) is 9.97 Å². The fourth-order valence-corrected chi connectivity index (χ4v) is 2.72. The first-order chi connectivity index (χ1) is 12.4. The highest BCUT2D eigenvalue weighted by molar-refractivity contribution is 5.97. The smallest absolute Gasteiger partial charge is 0.339 e. The summed E-state index contributed by atoms with van der Waals surface area (Å²) < 4.78 is 0. The van der Waals surface area contributed by atoms with Gasteiger partial charge in [0.15, 0.2) is 5.82 Å². The molecule has 0 radical (unpaired) electrons. The van der Waals surface area contributed by atoms with Gasteiger partial charge in [0.2, 0.25) is 0 Å². The molecule has 0 bridgehead atoms. The Morgan fingerprint density at radius 3 is 2.38 bits per heavy atom. The van der Waals surface area contributed by atoms with E-state index >= 15 is 0 Å². The minimum Gasteiger partial charge on any atom is -0.478 e. The van der Waals surface area contributed by atoms with Crippen LogP contribution in [0.25, 0.3) is 22.6 Å². The summed E-state index contributed by atoms with van der Waals surface area (Å²) in [5.41, 5.74) is 2.11. The molecule has 2 aromatic carbocycles. The van der Waals surface area contributed by atoms with Crippen molar-refractivity contribution in [1.29, 1.82) is 0 Å². The number of benzene rings is 2. The monoisotopic (exact) mass is 349 g/mol. The molecule has 0 spiro atoms. The number of non-ortho nitro benzene ring substituents is 1. The average Bonchev–Trinajstić information content (AvgIpc) is 2.61. The molecule has 3 rings (SSSR count). The summed E-state index contributed by atoms with van der Waals surface area (Å²) in [4.78, 5) is 31.1. The number of rotatable bonds is 4. The van der Waals surface area contributed by atoms with Gasteiger partial charge in [-0.2, -0.15) is 0 Å². The summed E-state index contributed by atoms with van der Waals surface area (Å²) in [6.45, 7) is 3.35. The van der Waals surface area contributed by atoms with Gasteiger partial charge in [-0.1, -0.05) is 36.4 Å². The zero-order valence-electron chi connectivity index (χ0n) is 14.1. The number of nitro groups is 1. The predicted molar refractivity (Wildman–Crippen MR) is 96.0 cm³/mol. The van der Waals surface area contributed by atoms with Crippen molar-refractivity contribution in [3.8, 4) is 22.6 Å². The van der Waals surface area contributed by atoms with Crippen molar-refractivity contribution in [2.45, 2.75) is 13.8 Å². The van der Waals surface area contributed by atoms with Crippen LogP contribution in [-0.4, -0.2) is 26.0 Å². The van der Waals surface area contributed by atoms with Gasteiger partial charge in [0.1, 0.15) is 5.56 Å². The number of aryl methyl sites for hydroxylation is 2. The third kappa shape index (κ3) is 3.14. The second kappa shape index (κ2) is 6.72. The summed E-state index contributed by atoms with van der Waals surface area (Å²) in [5, 5.41) is 20.8. The lowest BCUT2D eigenvalue weighted by molar-refractivity contribution is -0.384. The van der Waals surface area contributed by atoms with Crippen LogP contribution in [0, 0.1) is 24.0 Å². The molecule has 0 saturated heterocycles. The Morgan fingerprint density at radius 2 is 1.77 bits per heavy atom. The van der Waals surface area contributed by atoms with E-state index in [1.54, 1.807) is 19.9 Å². The molecule has 130 valence electrons. The number of nitro benzene ring substituents is 1. The van der Waals surface area contributed by atoms with E-state index < -0.39 is 10.9 Å². The first-order valence-corrected chi connectivity index (χ1v) is 7.81. The lowest BCUT2D eigenvalue weighted by Crippen LogP contribution is -2.09. The molecule has 1 aromatic heterocycles. The number of aromatic nitrogens is 2. The molecule has 0 fully saturated rings. The highest BCUT2D eigenvalue weighted by Crippen LogP contribution is 2.31. The normalized spacial score (nSPS) is 10.5. The average molecular weight is 349 g/mol. The van der Waals surface area contributed by atoms with E-state index in [0.29, 0.717) is 22.6 Å². The van der Waals surface area contributed by atoms with Crippen molar-refractivity contribution in [2.24, 2.45) is 0 Å². The first kappa shape index (κ1) is 17.2. The highest BCUT2D eigenvalue weighted by Gasteiger charge is 2.22.